The number of hydrogen-bond donors (Lipinski definition) is 1. The summed E-state index contributed by atoms with van der Waals surface area (Å²) in [6.07, 6.45) is 3.12. The number of hydrogen-bond acceptors (Lipinski definition) is 5. The fourth-order valence-corrected chi connectivity index (χ4v) is 3.64. The van der Waals surface area contributed by atoms with E-state index < -0.39 is 20.8 Å². The van der Waals surface area contributed by atoms with Crippen molar-refractivity contribution in [3.05, 3.63) is 36.7 Å². The molecule has 6 nitrogen and oxygen atoms in total. The lowest BCUT2D eigenvalue weighted by molar-refractivity contribution is -0.139. The van der Waals surface area contributed by atoms with Gasteiger partial charge < -0.3 is 4.74 Å². The topological polar surface area (TPSA) is 85.4 Å². The average Bonchev–Trinajstić information content (AvgIpc) is 2.51. The summed E-state index contributed by atoms with van der Waals surface area (Å²) < 4.78 is 31.6. The second kappa shape index (κ2) is 6.50. The quantitative estimate of drug-likeness (QED) is 0.634. The molecule has 1 aromatic carbocycles. The highest BCUT2D eigenvalue weighted by molar-refractivity contribution is 9.10. The summed E-state index contributed by atoms with van der Waals surface area (Å²) in [5.41, 5.74) is 0. The molecule has 1 heterocycles. The van der Waals surface area contributed by atoms with Gasteiger partial charge in [-0.15, -0.1) is 0 Å². The molecule has 0 aliphatic heterocycles. The van der Waals surface area contributed by atoms with E-state index in [9.17, 15) is 13.2 Å². The average molecular weight is 373 g/mol. The number of fused-ring (bicyclic) bond motifs is 1. The Balaban J connectivity index is 2.28. The zero-order valence-electron chi connectivity index (χ0n) is 11.1. The summed E-state index contributed by atoms with van der Waals surface area (Å²) in [5, 5.41) is 1.30. The van der Waals surface area contributed by atoms with Crippen molar-refractivity contribution in [2.45, 2.75) is 9.72 Å². The number of sulfonamides is 1. The first-order chi connectivity index (χ1) is 9.95. The molecule has 1 N–H and O–H groups in total. The van der Waals surface area contributed by atoms with Gasteiger partial charge >= 0.3 is 5.97 Å². The molecule has 8 heteroatoms. The van der Waals surface area contributed by atoms with E-state index in [0.717, 1.165) is 5.39 Å². The number of esters is 1. The van der Waals surface area contributed by atoms with E-state index in [0.29, 0.717) is 5.39 Å². The van der Waals surface area contributed by atoms with Gasteiger partial charge in [-0.1, -0.05) is 28.1 Å². The van der Waals surface area contributed by atoms with Crippen LogP contribution >= 0.6 is 15.9 Å². The molecule has 1 unspecified atom stereocenters. The molecule has 0 amide bonds. The normalized spacial score (nSPS) is 13.0. The Labute approximate surface area is 130 Å². The SMILES string of the molecule is COC(=O)C(Br)CNS(=O)(=O)c1cccc2cnccc12. The first-order valence-electron chi connectivity index (χ1n) is 6.00. The van der Waals surface area contributed by atoms with Crippen LogP contribution in [0.3, 0.4) is 0 Å². The third kappa shape index (κ3) is 3.58. The Hall–Kier alpha value is -1.51. The Morgan fingerprint density at radius 2 is 2.19 bits per heavy atom. The van der Waals surface area contributed by atoms with Crippen molar-refractivity contribution in [1.82, 2.24) is 9.71 Å². The second-order valence-corrected chi connectivity index (χ2v) is 7.04. The molecule has 1 aromatic heterocycles. The number of nitrogens with zero attached hydrogens (tertiary/aromatic N) is 1. The minimum Gasteiger partial charge on any atom is -0.468 e. The van der Waals surface area contributed by atoms with Gasteiger partial charge in [-0.2, -0.15) is 0 Å². The highest BCUT2D eigenvalue weighted by Crippen LogP contribution is 2.21. The van der Waals surface area contributed by atoms with Crippen LogP contribution in [-0.4, -0.2) is 37.9 Å². The van der Waals surface area contributed by atoms with E-state index in [-0.39, 0.29) is 11.4 Å². The maximum absolute atomic E-state index is 12.4. The predicted octanol–water partition coefficient (Wildman–Crippen LogP) is 1.45. The van der Waals surface area contributed by atoms with Gasteiger partial charge in [0, 0.05) is 29.7 Å². The number of alkyl halides is 1. The third-order valence-electron chi connectivity index (χ3n) is 2.84. The van der Waals surface area contributed by atoms with Gasteiger partial charge in [0.25, 0.3) is 0 Å². The molecule has 2 aromatic rings. The zero-order chi connectivity index (χ0) is 15.5. The van der Waals surface area contributed by atoms with Gasteiger partial charge in [0.1, 0.15) is 4.83 Å². The van der Waals surface area contributed by atoms with E-state index in [4.69, 9.17) is 0 Å². The number of carbonyl (C=O) groups is 1. The molecule has 0 aliphatic rings. The molecule has 2 rings (SSSR count). The number of methoxy groups -OCH3 is 1. The van der Waals surface area contributed by atoms with Crippen LogP contribution < -0.4 is 4.72 Å². The zero-order valence-corrected chi connectivity index (χ0v) is 13.5. The summed E-state index contributed by atoms with van der Waals surface area (Å²) in [6.45, 7) is -0.101. The number of ether oxygens (including phenoxy) is 1. The maximum Gasteiger partial charge on any atom is 0.320 e. The van der Waals surface area contributed by atoms with E-state index in [1.807, 2.05) is 0 Å². The highest BCUT2D eigenvalue weighted by atomic mass is 79.9. The lowest BCUT2D eigenvalue weighted by Crippen LogP contribution is -2.34. The molecule has 112 valence electrons. The Kier molecular flexibility index (Phi) is 4.92. The molecule has 1 atom stereocenters. The van der Waals surface area contributed by atoms with Crippen LogP contribution in [0.5, 0.6) is 0 Å². The minimum atomic E-state index is -3.74. The van der Waals surface area contributed by atoms with Gasteiger partial charge in [-0.25, -0.2) is 13.1 Å². The van der Waals surface area contributed by atoms with Crippen LogP contribution in [0.4, 0.5) is 0 Å². The largest absolute Gasteiger partial charge is 0.468 e. The van der Waals surface area contributed by atoms with Crippen LogP contribution in [0.2, 0.25) is 0 Å². The van der Waals surface area contributed by atoms with Crippen molar-refractivity contribution in [3.8, 4) is 0 Å². The fraction of sp³-hybridized carbons (Fsp3) is 0.231. The van der Waals surface area contributed by atoms with Gasteiger partial charge in [0.2, 0.25) is 10.0 Å². The lowest BCUT2D eigenvalue weighted by Gasteiger charge is -2.11. The minimum absolute atomic E-state index is 0.101. The first kappa shape index (κ1) is 15.9. The van der Waals surface area contributed by atoms with Gasteiger partial charge in [0.15, 0.2) is 0 Å². The van der Waals surface area contributed by atoms with Crippen LogP contribution in [0.15, 0.2) is 41.6 Å². The molecule has 0 bridgehead atoms. The van der Waals surface area contributed by atoms with Crippen molar-refractivity contribution in [1.29, 1.82) is 0 Å². The van der Waals surface area contributed by atoms with Crippen molar-refractivity contribution in [2.24, 2.45) is 0 Å². The number of benzene rings is 1. The molecular formula is C13H13BrN2O4S. The van der Waals surface area contributed by atoms with Crippen LogP contribution in [0.1, 0.15) is 0 Å². The van der Waals surface area contributed by atoms with E-state index in [1.165, 1.54) is 19.4 Å². The number of aromatic nitrogens is 1. The lowest BCUT2D eigenvalue weighted by atomic mass is 10.2. The first-order valence-corrected chi connectivity index (χ1v) is 8.40. The standard InChI is InChI=1S/C13H13BrN2O4S/c1-20-13(17)11(14)8-16-21(18,19)12-4-2-3-9-7-15-6-5-10(9)12/h2-7,11,16H,8H2,1H3. The summed E-state index contributed by atoms with van der Waals surface area (Å²) in [7, 11) is -2.50. The third-order valence-corrected chi connectivity index (χ3v) is 5.02. The highest BCUT2D eigenvalue weighted by Gasteiger charge is 2.21. The molecule has 21 heavy (non-hydrogen) atoms. The molecule has 0 fully saturated rings. The van der Waals surface area contributed by atoms with Gasteiger partial charge in [0.05, 0.1) is 12.0 Å². The van der Waals surface area contributed by atoms with Gasteiger partial charge in [-0.05, 0) is 12.1 Å². The van der Waals surface area contributed by atoms with E-state index in [2.05, 4.69) is 30.4 Å². The van der Waals surface area contributed by atoms with Crippen molar-refractivity contribution < 1.29 is 17.9 Å². The van der Waals surface area contributed by atoms with Crippen LogP contribution in [0.25, 0.3) is 10.8 Å². The van der Waals surface area contributed by atoms with Crippen molar-refractivity contribution >= 4 is 42.7 Å². The van der Waals surface area contributed by atoms with E-state index in [1.54, 1.807) is 24.4 Å². The monoisotopic (exact) mass is 372 g/mol. The molecule has 0 aliphatic carbocycles. The van der Waals surface area contributed by atoms with Crippen molar-refractivity contribution in [3.63, 3.8) is 0 Å². The molecule has 0 spiro atoms. The van der Waals surface area contributed by atoms with Crippen LogP contribution in [-0.2, 0) is 19.6 Å². The Morgan fingerprint density at radius 3 is 2.90 bits per heavy atom. The summed E-state index contributed by atoms with van der Waals surface area (Å²) >= 11 is 3.07. The number of halogens is 1. The van der Waals surface area contributed by atoms with E-state index >= 15 is 0 Å². The summed E-state index contributed by atoms with van der Waals surface area (Å²) in [4.78, 5) is 14.6. The summed E-state index contributed by atoms with van der Waals surface area (Å²) in [6, 6.07) is 6.56. The molecule has 0 saturated carbocycles. The van der Waals surface area contributed by atoms with Crippen LogP contribution in [0, 0.1) is 0 Å². The summed E-state index contributed by atoms with van der Waals surface area (Å²) in [5.74, 6) is -0.542. The number of rotatable bonds is 5. The Morgan fingerprint density at radius 1 is 1.43 bits per heavy atom. The molecule has 0 radical (unpaired) electrons. The molecular weight excluding hydrogens is 360 g/mol. The number of carbonyl (C=O) groups excluding carboxylic acids is 1. The molecule has 0 saturated heterocycles. The van der Waals surface area contributed by atoms with Crippen molar-refractivity contribution in [2.75, 3.05) is 13.7 Å². The smallest absolute Gasteiger partial charge is 0.320 e. The predicted molar refractivity (Wildman–Crippen MR) is 81.7 cm³/mol. The fourth-order valence-electron chi connectivity index (χ4n) is 1.80. The Bertz CT molecular complexity index is 758. The number of pyridine rings is 1. The van der Waals surface area contributed by atoms with Gasteiger partial charge in [-0.3, -0.25) is 9.78 Å². The maximum atomic E-state index is 12.4. The second-order valence-electron chi connectivity index (χ2n) is 4.20. The number of nitrogens with one attached hydrogen (secondary N) is 1.